The molecular formula is C34H38N6O2. The standard InChI is InChI=1S/C34H38N6O2/c1-34(2,35)21-31(41)37-29(20-24-22-36-27-13-7-6-12-26(24)27)33(42)39-18-16-25(17-19-39)40-30-15-9-8-14-28(30)38-32(40)23-10-4-3-5-11-23/h3-15,22,25,29,36H,16-21,35H2,1-2H3,(H,37,41). The van der Waals surface area contributed by atoms with Crippen LogP contribution in [0.2, 0.25) is 0 Å². The predicted octanol–water partition coefficient (Wildman–Crippen LogP) is 5.20. The van der Waals surface area contributed by atoms with E-state index in [0.717, 1.165) is 51.7 Å². The van der Waals surface area contributed by atoms with E-state index in [-0.39, 0.29) is 24.3 Å². The summed E-state index contributed by atoms with van der Waals surface area (Å²) in [6, 6.07) is 26.1. The smallest absolute Gasteiger partial charge is 0.245 e. The molecule has 216 valence electrons. The maximum absolute atomic E-state index is 14.0. The SMILES string of the molecule is CC(C)(N)CC(=O)NC(Cc1c[nH]c2ccccc12)C(=O)N1CCC(n2c(-c3ccccc3)nc3ccccc32)CC1. The molecule has 1 aliphatic heterocycles. The van der Waals surface area contributed by atoms with Crippen LogP contribution in [0.5, 0.6) is 0 Å². The Bertz CT molecular complexity index is 1710. The van der Waals surface area contributed by atoms with Gasteiger partial charge in [-0.05, 0) is 50.5 Å². The molecular weight excluding hydrogens is 524 g/mol. The van der Waals surface area contributed by atoms with Gasteiger partial charge in [0.15, 0.2) is 0 Å². The normalized spacial score (nSPS) is 15.3. The maximum Gasteiger partial charge on any atom is 0.245 e. The molecule has 6 rings (SSSR count). The third kappa shape index (κ3) is 5.81. The Balaban J connectivity index is 1.23. The van der Waals surface area contributed by atoms with Gasteiger partial charge in [0.2, 0.25) is 11.8 Å². The molecule has 0 saturated carbocycles. The highest BCUT2D eigenvalue weighted by Gasteiger charge is 2.32. The number of nitrogens with two attached hydrogens (primary N) is 1. The number of nitrogens with zero attached hydrogens (tertiary/aromatic N) is 3. The van der Waals surface area contributed by atoms with Crippen molar-refractivity contribution in [2.24, 2.45) is 5.73 Å². The number of aromatic nitrogens is 3. The van der Waals surface area contributed by atoms with Gasteiger partial charge in [-0.25, -0.2) is 4.98 Å². The minimum absolute atomic E-state index is 0.0549. The van der Waals surface area contributed by atoms with Gasteiger partial charge < -0.3 is 25.5 Å². The molecule has 1 atom stereocenters. The van der Waals surface area contributed by atoms with Gasteiger partial charge in [-0.3, -0.25) is 9.59 Å². The summed E-state index contributed by atoms with van der Waals surface area (Å²) in [6.45, 7) is 4.84. The van der Waals surface area contributed by atoms with Crippen molar-refractivity contribution in [3.8, 4) is 11.4 Å². The van der Waals surface area contributed by atoms with Crippen molar-refractivity contribution in [1.82, 2.24) is 24.8 Å². The highest BCUT2D eigenvalue weighted by molar-refractivity contribution is 5.90. The second-order valence-corrected chi connectivity index (χ2v) is 12.1. The van der Waals surface area contributed by atoms with Gasteiger partial charge in [-0.15, -0.1) is 0 Å². The fourth-order valence-electron chi connectivity index (χ4n) is 6.15. The molecule has 1 aliphatic rings. The van der Waals surface area contributed by atoms with Crippen LogP contribution in [0, 0.1) is 0 Å². The fraction of sp³-hybridized carbons (Fsp3) is 0.324. The van der Waals surface area contributed by atoms with Crippen LogP contribution in [-0.2, 0) is 16.0 Å². The van der Waals surface area contributed by atoms with Crippen molar-refractivity contribution < 1.29 is 9.59 Å². The van der Waals surface area contributed by atoms with Crippen molar-refractivity contribution in [2.75, 3.05) is 13.1 Å². The van der Waals surface area contributed by atoms with E-state index in [4.69, 9.17) is 10.7 Å². The molecule has 1 unspecified atom stereocenters. The van der Waals surface area contributed by atoms with Gasteiger partial charge in [0.25, 0.3) is 0 Å². The number of hydrogen-bond acceptors (Lipinski definition) is 4. The maximum atomic E-state index is 14.0. The van der Waals surface area contributed by atoms with Crippen molar-refractivity contribution in [1.29, 1.82) is 0 Å². The number of carbonyl (C=O) groups is 2. The van der Waals surface area contributed by atoms with Crippen molar-refractivity contribution in [3.63, 3.8) is 0 Å². The first kappa shape index (κ1) is 27.7. The summed E-state index contributed by atoms with van der Waals surface area (Å²) in [5.41, 5.74) is 10.6. The quantitative estimate of drug-likeness (QED) is 0.241. The summed E-state index contributed by atoms with van der Waals surface area (Å²) >= 11 is 0. The number of nitrogens with one attached hydrogen (secondary N) is 2. The molecule has 0 aliphatic carbocycles. The fourth-order valence-corrected chi connectivity index (χ4v) is 6.15. The number of fused-ring (bicyclic) bond motifs is 2. The van der Waals surface area contributed by atoms with Crippen LogP contribution in [0.3, 0.4) is 0 Å². The minimum atomic E-state index is -0.676. The molecule has 1 fully saturated rings. The Hall–Kier alpha value is -4.43. The molecule has 4 N–H and O–H groups in total. The summed E-state index contributed by atoms with van der Waals surface area (Å²) in [5.74, 6) is 0.684. The van der Waals surface area contributed by atoms with Gasteiger partial charge in [0.05, 0.1) is 11.0 Å². The Morgan fingerprint density at radius 3 is 2.45 bits per heavy atom. The molecule has 0 bridgehead atoms. The highest BCUT2D eigenvalue weighted by Crippen LogP contribution is 2.33. The van der Waals surface area contributed by atoms with Gasteiger partial charge in [-0.1, -0.05) is 60.7 Å². The molecule has 0 radical (unpaired) electrons. The molecule has 3 aromatic carbocycles. The number of likely N-dealkylation sites (tertiary alicyclic amines) is 1. The summed E-state index contributed by atoms with van der Waals surface area (Å²) in [7, 11) is 0. The average Bonchev–Trinajstić information content (AvgIpc) is 3.58. The van der Waals surface area contributed by atoms with Crippen LogP contribution in [0.4, 0.5) is 0 Å². The van der Waals surface area contributed by atoms with Gasteiger partial charge >= 0.3 is 0 Å². The Morgan fingerprint density at radius 2 is 1.69 bits per heavy atom. The number of hydrogen-bond donors (Lipinski definition) is 3. The van der Waals surface area contributed by atoms with E-state index in [0.29, 0.717) is 19.5 Å². The van der Waals surface area contributed by atoms with Gasteiger partial charge in [0, 0.05) is 60.2 Å². The Morgan fingerprint density at radius 1 is 1.00 bits per heavy atom. The van der Waals surface area contributed by atoms with Crippen LogP contribution < -0.4 is 11.1 Å². The number of rotatable bonds is 8. The molecule has 0 spiro atoms. The van der Waals surface area contributed by atoms with E-state index in [1.807, 2.05) is 73.5 Å². The van der Waals surface area contributed by atoms with E-state index in [2.05, 4.69) is 45.2 Å². The number of para-hydroxylation sites is 3. The summed E-state index contributed by atoms with van der Waals surface area (Å²) in [5, 5.41) is 4.09. The summed E-state index contributed by atoms with van der Waals surface area (Å²) in [4.78, 5) is 37.2. The van der Waals surface area contributed by atoms with Crippen LogP contribution in [0.15, 0.2) is 85.1 Å². The molecule has 2 aromatic heterocycles. The first-order valence-corrected chi connectivity index (χ1v) is 14.7. The highest BCUT2D eigenvalue weighted by atomic mass is 16.2. The number of carbonyl (C=O) groups excluding carboxylic acids is 2. The van der Waals surface area contributed by atoms with E-state index in [1.165, 1.54) is 0 Å². The summed E-state index contributed by atoms with van der Waals surface area (Å²) in [6.07, 6.45) is 4.09. The Kier molecular flexibility index (Phi) is 7.56. The second-order valence-electron chi connectivity index (χ2n) is 12.1. The first-order valence-electron chi connectivity index (χ1n) is 14.7. The zero-order valence-corrected chi connectivity index (χ0v) is 24.2. The average molecular weight is 563 g/mol. The zero-order chi connectivity index (χ0) is 29.3. The van der Waals surface area contributed by atoms with E-state index in [9.17, 15) is 9.59 Å². The van der Waals surface area contributed by atoms with Gasteiger partial charge in [-0.2, -0.15) is 0 Å². The van der Waals surface area contributed by atoms with Gasteiger partial charge in [0.1, 0.15) is 11.9 Å². The third-order valence-corrected chi connectivity index (χ3v) is 8.12. The zero-order valence-electron chi connectivity index (χ0n) is 24.2. The van der Waals surface area contributed by atoms with Crippen molar-refractivity contribution in [3.05, 3.63) is 90.6 Å². The van der Waals surface area contributed by atoms with Crippen LogP contribution in [0.25, 0.3) is 33.3 Å². The molecule has 3 heterocycles. The molecule has 2 amide bonds. The molecule has 42 heavy (non-hydrogen) atoms. The molecule has 5 aromatic rings. The lowest BCUT2D eigenvalue weighted by atomic mass is 9.98. The molecule has 8 heteroatoms. The summed E-state index contributed by atoms with van der Waals surface area (Å²) < 4.78 is 2.35. The topological polar surface area (TPSA) is 109 Å². The monoisotopic (exact) mass is 562 g/mol. The second kappa shape index (κ2) is 11.4. The molecule has 1 saturated heterocycles. The molecule has 8 nitrogen and oxygen atoms in total. The lowest BCUT2D eigenvalue weighted by molar-refractivity contribution is -0.137. The van der Waals surface area contributed by atoms with Crippen LogP contribution >= 0.6 is 0 Å². The minimum Gasteiger partial charge on any atom is -0.361 e. The largest absolute Gasteiger partial charge is 0.361 e. The van der Waals surface area contributed by atoms with E-state index in [1.54, 1.807) is 0 Å². The predicted molar refractivity (Wildman–Crippen MR) is 167 cm³/mol. The van der Waals surface area contributed by atoms with Crippen molar-refractivity contribution >= 4 is 33.8 Å². The van der Waals surface area contributed by atoms with E-state index < -0.39 is 11.6 Å². The van der Waals surface area contributed by atoms with E-state index >= 15 is 0 Å². The lowest BCUT2D eigenvalue weighted by Crippen LogP contribution is -2.53. The van der Waals surface area contributed by atoms with Crippen molar-refractivity contribution in [2.45, 2.75) is 57.2 Å². The number of benzene rings is 3. The number of piperidine rings is 1. The number of amides is 2. The third-order valence-electron chi connectivity index (χ3n) is 8.12. The number of H-pyrrole nitrogens is 1. The lowest BCUT2D eigenvalue weighted by Gasteiger charge is -2.36. The first-order chi connectivity index (χ1) is 20.3. The van der Waals surface area contributed by atoms with Crippen LogP contribution in [-0.4, -0.2) is 55.9 Å². The number of imidazole rings is 1. The van der Waals surface area contributed by atoms with Crippen LogP contribution in [0.1, 0.15) is 44.7 Å². The Labute approximate surface area is 245 Å². The number of aromatic amines is 1.